The molecule has 0 spiro atoms. The number of alkyl halides is 3. The average molecular weight is 567 g/mol. The molecular formula is C26H23Cl2F3N4O3. The lowest BCUT2D eigenvalue weighted by molar-refractivity contribution is -0.137. The van der Waals surface area contributed by atoms with Crippen LogP contribution in [0.4, 0.5) is 34.1 Å². The second kappa shape index (κ2) is 10.4. The third-order valence-corrected chi connectivity index (χ3v) is 6.68. The molecule has 200 valence electrons. The van der Waals surface area contributed by atoms with Crippen LogP contribution in [0.25, 0.3) is 0 Å². The van der Waals surface area contributed by atoms with E-state index >= 15 is 0 Å². The molecule has 1 heterocycles. The van der Waals surface area contributed by atoms with E-state index in [1.807, 2.05) is 0 Å². The first kappa shape index (κ1) is 27.6. The molecule has 0 saturated carbocycles. The van der Waals surface area contributed by atoms with Crippen molar-refractivity contribution in [2.45, 2.75) is 38.3 Å². The normalized spacial score (nSPS) is 17.1. The van der Waals surface area contributed by atoms with Gasteiger partial charge in [0.2, 0.25) is 0 Å². The third-order valence-electron chi connectivity index (χ3n) is 6.21. The molecule has 0 unspecified atom stereocenters. The van der Waals surface area contributed by atoms with Gasteiger partial charge in [-0.3, -0.25) is 10.1 Å². The number of carbonyl (C=O) groups is 2. The smallest absolute Gasteiger partial charge is 0.311 e. The first-order chi connectivity index (χ1) is 17.8. The van der Waals surface area contributed by atoms with Gasteiger partial charge in [-0.1, -0.05) is 47.5 Å². The van der Waals surface area contributed by atoms with Gasteiger partial charge in [-0.2, -0.15) is 18.2 Å². The van der Waals surface area contributed by atoms with Crippen molar-refractivity contribution >= 4 is 46.6 Å². The van der Waals surface area contributed by atoms with E-state index in [-0.39, 0.29) is 17.8 Å². The molecule has 1 aliphatic rings. The molecule has 0 bridgehead atoms. The molecule has 12 heteroatoms. The van der Waals surface area contributed by atoms with Crippen LogP contribution in [0.2, 0.25) is 10.0 Å². The number of carbonyl (C=O) groups excluding carboxylic acids is 2. The van der Waals surface area contributed by atoms with Crippen molar-refractivity contribution in [2.24, 2.45) is 0 Å². The van der Waals surface area contributed by atoms with Gasteiger partial charge in [-0.25, -0.2) is 9.59 Å². The summed E-state index contributed by atoms with van der Waals surface area (Å²) in [7, 11) is 0. The van der Waals surface area contributed by atoms with Crippen molar-refractivity contribution in [3.8, 4) is 0 Å². The Labute approximate surface area is 226 Å². The molecule has 1 aliphatic heterocycles. The Morgan fingerprint density at radius 1 is 1.03 bits per heavy atom. The van der Waals surface area contributed by atoms with Gasteiger partial charge in [0.05, 0.1) is 11.1 Å². The number of nitrogens with one attached hydrogen (secondary N) is 1. The molecule has 1 saturated heterocycles. The molecule has 2 N–H and O–H groups in total. The van der Waals surface area contributed by atoms with Crippen molar-refractivity contribution in [3.05, 3.63) is 94.0 Å². The molecule has 3 aromatic rings. The van der Waals surface area contributed by atoms with Gasteiger partial charge in [0.25, 0.3) is 0 Å². The van der Waals surface area contributed by atoms with Crippen molar-refractivity contribution in [2.75, 3.05) is 10.2 Å². The van der Waals surface area contributed by atoms with Crippen LogP contribution in [0.15, 0.2) is 72.8 Å². The van der Waals surface area contributed by atoms with Crippen LogP contribution in [0.3, 0.4) is 0 Å². The van der Waals surface area contributed by atoms with E-state index < -0.39 is 35.5 Å². The molecular weight excluding hydrogens is 544 g/mol. The first-order valence-electron chi connectivity index (χ1n) is 11.4. The monoisotopic (exact) mass is 566 g/mol. The van der Waals surface area contributed by atoms with Gasteiger partial charge < -0.3 is 10.2 Å². The molecule has 1 fully saturated rings. The number of halogens is 5. The van der Waals surface area contributed by atoms with Crippen LogP contribution in [0.5, 0.6) is 0 Å². The second-order valence-corrected chi connectivity index (χ2v) is 10.1. The predicted molar refractivity (Wildman–Crippen MR) is 138 cm³/mol. The Bertz CT molecular complexity index is 1370. The number of rotatable bonds is 5. The lowest BCUT2D eigenvalue weighted by Gasteiger charge is -2.38. The molecule has 0 aliphatic carbocycles. The maximum atomic E-state index is 13.8. The highest BCUT2D eigenvalue weighted by Gasteiger charge is 2.56. The van der Waals surface area contributed by atoms with Crippen LogP contribution < -0.4 is 10.2 Å². The lowest BCUT2D eigenvalue weighted by atomic mass is 9.98. The summed E-state index contributed by atoms with van der Waals surface area (Å²) in [5.74, 6) is 0. The number of nitrogens with zero attached hydrogens (tertiary/aromatic N) is 3. The standard InChI is InChI=1S/C26H23Cl2F3N4O3/c1-25(2)22(35(38)23(36)32-20-10-4-8-18(27)13-20)34(21-11-5-9-19(28)14-21)24(37)33(25)15-16-6-3-7-17(12-16)26(29,30)31/h3-14,22,38H,15H2,1-2H3,(H,32,36)/t22-/m0/s1. The number of hydroxylamine groups is 2. The molecule has 38 heavy (non-hydrogen) atoms. The highest BCUT2D eigenvalue weighted by Crippen LogP contribution is 2.40. The van der Waals surface area contributed by atoms with E-state index in [1.165, 1.54) is 34.1 Å². The minimum absolute atomic E-state index is 0.215. The summed E-state index contributed by atoms with van der Waals surface area (Å²) in [6, 6.07) is 15.5. The SMILES string of the molecule is CC1(C)[C@H](N(O)C(=O)Nc2cccc(Cl)c2)N(c2cccc(Cl)c2)C(=O)N1Cc1cccc(C(F)(F)F)c1. The summed E-state index contributed by atoms with van der Waals surface area (Å²) < 4.78 is 39.9. The van der Waals surface area contributed by atoms with E-state index in [0.717, 1.165) is 12.1 Å². The number of hydrogen-bond acceptors (Lipinski definition) is 3. The largest absolute Gasteiger partial charge is 0.416 e. The van der Waals surface area contributed by atoms with E-state index in [9.17, 15) is 28.0 Å². The summed E-state index contributed by atoms with van der Waals surface area (Å²) in [4.78, 5) is 29.3. The molecule has 0 radical (unpaired) electrons. The van der Waals surface area contributed by atoms with Crippen LogP contribution in [-0.2, 0) is 12.7 Å². The third kappa shape index (κ3) is 5.52. The van der Waals surface area contributed by atoms with E-state index in [2.05, 4.69) is 5.32 Å². The zero-order chi connectivity index (χ0) is 27.8. The van der Waals surface area contributed by atoms with Gasteiger partial charge in [0.1, 0.15) is 0 Å². The fourth-order valence-corrected chi connectivity index (χ4v) is 4.76. The van der Waals surface area contributed by atoms with Crippen LogP contribution in [-0.4, -0.2) is 38.9 Å². The van der Waals surface area contributed by atoms with Gasteiger partial charge in [0, 0.05) is 28.0 Å². The minimum Gasteiger partial charge on any atom is -0.311 e. The van der Waals surface area contributed by atoms with Gasteiger partial charge in [-0.05, 0) is 67.9 Å². The molecule has 4 amide bonds. The number of benzene rings is 3. The van der Waals surface area contributed by atoms with Crippen molar-refractivity contribution in [1.82, 2.24) is 9.96 Å². The van der Waals surface area contributed by atoms with E-state index in [1.54, 1.807) is 50.2 Å². The number of amides is 4. The summed E-state index contributed by atoms with van der Waals surface area (Å²) in [5.41, 5.74) is -1.33. The maximum Gasteiger partial charge on any atom is 0.416 e. The molecule has 1 atom stereocenters. The Morgan fingerprint density at radius 2 is 1.66 bits per heavy atom. The minimum atomic E-state index is -4.56. The quantitative estimate of drug-likeness (QED) is 0.248. The van der Waals surface area contributed by atoms with Crippen LogP contribution in [0.1, 0.15) is 25.0 Å². The highest BCUT2D eigenvalue weighted by molar-refractivity contribution is 6.31. The van der Waals surface area contributed by atoms with Gasteiger partial charge in [0.15, 0.2) is 6.17 Å². The molecule has 4 rings (SSSR count). The summed E-state index contributed by atoms with van der Waals surface area (Å²) >= 11 is 12.1. The van der Waals surface area contributed by atoms with Crippen molar-refractivity contribution in [1.29, 1.82) is 0 Å². The predicted octanol–water partition coefficient (Wildman–Crippen LogP) is 7.48. The summed E-state index contributed by atoms with van der Waals surface area (Å²) in [6.07, 6.45) is -5.85. The fourth-order valence-electron chi connectivity index (χ4n) is 4.38. The van der Waals surface area contributed by atoms with Crippen molar-refractivity contribution < 1.29 is 28.0 Å². The second-order valence-electron chi connectivity index (χ2n) is 9.23. The zero-order valence-corrected chi connectivity index (χ0v) is 21.7. The van der Waals surface area contributed by atoms with Crippen molar-refractivity contribution in [3.63, 3.8) is 0 Å². The Hall–Kier alpha value is -3.47. The maximum absolute atomic E-state index is 13.8. The highest BCUT2D eigenvalue weighted by atomic mass is 35.5. The molecule has 3 aromatic carbocycles. The number of urea groups is 2. The summed E-state index contributed by atoms with van der Waals surface area (Å²) in [5, 5.41) is 14.7. The lowest BCUT2D eigenvalue weighted by Crippen LogP contribution is -2.58. The Morgan fingerprint density at radius 3 is 2.29 bits per heavy atom. The average Bonchev–Trinajstić information content (AvgIpc) is 3.03. The van der Waals surface area contributed by atoms with Crippen LogP contribution >= 0.6 is 23.2 Å². The van der Waals surface area contributed by atoms with Gasteiger partial charge >= 0.3 is 18.2 Å². The first-order valence-corrected chi connectivity index (χ1v) is 12.1. The van der Waals surface area contributed by atoms with E-state index in [0.29, 0.717) is 20.8 Å². The topological polar surface area (TPSA) is 76.1 Å². The fraction of sp³-hybridized carbons (Fsp3) is 0.231. The molecule has 7 nitrogen and oxygen atoms in total. The number of anilines is 2. The Kier molecular flexibility index (Phi) is 7.51. The summed E-state index contributed by atoms with van der Waals surface area (Å²) in [6.45, 7) is 2.99. The zero-order valence-electron chi connectivity index (χ0n) is 20.2. The Balaban J connectivity index is 1.72. The number of hydrogen-bond donors (Lipinski definition) is 2. The molecule has 0 aromatic heterocycles. The van der Waals surface area contributed by atoms with Crippen LogP contribution in [0, 0.1) is 0 Å². The van der Waals surface area contributed by atoms with Gasteiger partial charge in [-0.15, -0.1) is 0 Å². The van der Waals surface area contributed by atoms with E-state index in [4.69, 9.17) is 23.2 Å².